The van der Waals surface area contributed by atoms with E-state index in [4.69, 9.17) is 4.74 Å². The molecule has 10 heteroatoms. The second-order valence-corrected chi connectivity index (χ2v) is 6.94. The minimum Gasteiger partial charge on any atom is -0.489 e. The van der Waals surface area contributed by atoms with Crippen LogP contribution < -0.4 is 10.1 Å². The average molecular weight is 413 g/mol. The number of amides is 1. The molecule has 1 amide bonds. The lowest BCUT2D eigenvalue weighted by Gasteiger charge is -2.06. The summed E-state index contributed by atoms with van der Waals surface area (Å²) in [5.74, 6) is 0.178. The van der Waals surface area contributed by atoms with Crippen molar-refractivity contribution >= 4 is 34.3 Å². The summed E-state index contributed by atoms with van der Waals surface area (Å²) in [6.45, 7) is 1.56. The molecule has 0 saturated carbocycles. The van der Waals surface area contributed by atoms with Crippen molar-refractivity contribution < 1.29 is 19.4 Å². The van der Waals surface area contributed by atoms with Crippen LogP contribution in [0.4, 0.5) is 17.1 Å². The summed E-state index contributed by atoms with van der Waals surface area (Å²) >= 11 is 1.18. The normalized spacial score (nSPS) is 10.4. The van der Waals surface area contributed by atoms with Gasteiger partial charge in [-0.05, 0) is 30.5 Å². The molecule has 3 rings (SSSR count). The zero-order valence-corrected chi connectivity index (χ0v) is 16.0. The summed E-state index contributed by atoms with van der Waals surface area (Å²) in [5.41, 5.74) is -0.177. The Balaban J connectivity index is 1.74. The number of benzene rings is 2. The van der Waals surface area contributed by atoms with Crippen molar-refractivity contribution in [2.45, 2.75) is 13.5 Å². The average Bonchev–Trinajstić information content (AvgIpc) is 3.17. The lowest BCUT2D eigenvalue weighted by Crippen LogP contribution is -2.11. The summed E-state index contributed by atoms with van der Waals surface area (Å²) in [6.07, 6.45) is 0. The lowest BCUT2D eigenvalue weighted by atomic mass is 10.1. The number of carbonyl (C=O) groups is 1. The fourth-order valence-electron chi connectivity index (χ4n) is 2.58. The van der Waals surface area contributed by atoms with E-state index < -0.39 is 27.1 Å². The summed E-state index contributed by atoms with van der Waals surface area (Å²) < 4.78 is 5.63. The van der Waals surface area contributed by atoms with Crippen LogP contribution in [0.15, 0.2) is 53.9 Å². The first-order chi connectivity index (χ1) is 13.8. The van der Waals surface area contributed by atoms with Crippen LogP contribution in [-0.4, -0.2) is 15.8 Å². The third-order valence-corrected chi connectivity index (χ3v) is 5.01. The van der Waals surface area contributed by atoms with Gasteiger partial charge in [-0.3, -0.25) is 25.0 Å². The molecule has 0 unspecified atom stereocenters. The van der Waals surface area contributed by atoms with Crippen LogP contribution in [0.3, 0.4) is 0 Å². The maximum atomic E-state index is 12.5. The van der Waals surface area contributed by atoms with Gasteiger partial charge < -0.3 is 10.1 Å². The number of nitrogens with one attached hydrogen (secondary N) is 1. The summed E-state index contributed by atoms with van der Waals surface area (Å²) in [5, 5.41) is 26.6. The maximum absolute atomic E-state index is 12.5. The van der Waals surface area contributed by atoms with E-state index in [0.717, 1.165) is 17.7 Å². The third kappa shape index (κ3) is 4.74. The van der Waals surface area contributed by atoms with Crippen molar-refractivity contribution in [1.82, 2.24) is 0 Å². The maximum Gasteiger partial charge on any atom is 0.281 e. The highest BCUT2D eigenvalue weighted by molar-refractivity contribution is 7.12. The highest BCUT2D eigenvalue weighted by atomic mass is 32.1. The Morgan fingerprint density at radius 1 is 1.07 bits per heavy atom. The standard InChI is InChI=1S/C19H15N3O6S/c1-12-16(21(24)25)8-14(9-17(12)22(26)27)20-19(23)18-7-13(11-29-18)10-28-15-5-3-2-4-6-15/h2-9,11H,10H2,1H3,(H,20,23). The summed E-state index contributed by atoms with van der Waals surface area (Å²) in [6, 6.07) is 13.1. The number of nitro groups is 2. The number of thiophene rings is 1. The molecular formula is C19H15N3O6S. The number of nitrogens with zero attached hydrogens (tertiary/aromatic N) is 2. The number of hydrogen-bond acceptors (Lipinski definition) is 7. The quantitative estimate of drug-likeness (QED) is 0.442. The minimum atomic E-state index is -0.720. The Hall–Kier alpha value is -3.79. The second-order valence-electron chi connectivity index (χ2n) is 6.03. The topological polar surface area (TPSA) is 125 Å². The smallest absolute Gasteiger partial charge is 0.281 e. The molecule has 0 aliphatic carbocycles. The van der Waals surface area contributed by atoms with Crippen molar-refractivity contribution in [3.8, 4) is 5.75 Å². The first-order valence-electron chi connectivity index (χ1n) is 8.35. The Bertz CT molecular complexity index is 1050. The molecule has 0 bridgehead atoms. The van der Waals surface area contributed by atoms with E-state index >= 15 is 0 Å². The molecule has 2 aromatic carbocycles. The SMILES string of the molecule is Cc1c([N+](=O)[O-])cc(NC(=O)c2cc(COc3ccccc3)cs2)cc1[N+](=O)[O-]. The van der Waals surface area contributed by atoms with E-state index in [-0.39, 0.29) is 17.9 Å². The molecular weight excluding hydrogens is 398 g/mol. The van der Waals surface area contributed by atoms with Crippen molar-refractivity contribution in [1.29, 1.82) is 0 Å². The summed E-state index contributed by atoms with van der Waals surface area (Å²) in [7, 11) is 0. The molecule has 0 aliphatic heterocycles. The largest absolute Gasteiger partial charge is 0.489 e. The first kappa shape index (κ1) is 20.0. The van der Waals surface area contributed by atoms with Gasteiger partial charge in [0.25, 0.3) is 17.3 Å². The first-order valence-corrected chi connectivity index (χ1v) is 9.23. The van der Waals surface area contributed by atoms with Crippen LogP contribution in [0, 0.1) is 27.2 Å². The number of rotatable bonds is 7. The number of nitro benzene ring substituents is 2. The Morgan fingerprint density at radius 3 is 2.28 bits per heavy atom. The molecule has 3 aromatic rings. The van der Waals surface area contributed by atoms with Crippen LogP contribution in [-0.2, 0) is 6.61 Å². The van der Waals surface area contributed by atoms with Crippen LogP contribution in [0.5, 0.6) is 5.75 Å². The zero-order valence-electron chi connectivity index (χ0n) is 15.2. The molecule has 148 valence electrons. The number of carbonyl (C=O) groups excluding carboxylic acids is 1. The van der Waals surface area contributed by atoms with Crippen LogP contribution in [0.25, 0.3) is 0 Å². The van der Waals surface area contributed by atoms with Gasteiger partial charge in [0.1, 0.15) is 17.9 Å². The Morgan fingerprint density at radius 2 is 1.69 bits per heavy atom. The fraction of sp³-hybridized carbons (Fsp3) is 0.105. The molecule has 1 heterocycles. The van der Waals surface area contributed by atoms with Crippen molar-refractivity contribution in [3.63, 3.8) is 0 Å². The number of ether oxygens (including phenoxy) is 1. The van der Waals surface area contributed by atoms with Gasteiger partial charge in [0.05, 0.1) is 20.4 Å². The molecule has 0 atom stereocenters. The number of anilines is 1. The Labute approximate surface area is 168 Å². The second kappa shape index (κ2) is 8.48. The molecule has 0 fully saturated rings. The van der Waals surface area contributed by atoms with Crippen molar-refractivity contribution in [3.05, 3.63) is 90.1 Å². The van der Waals surface area contributed by atoms with E-state index in [2.05, 4.69) is 5.32 Å². The molecule has 0 spiro atoms. The Kier molecular flexibility index (Phi) is 5.84. The van der Waals surface area contributed by atoms with Gasteiger partial charge in [0.15, 0.2) is 0 Å². The lowest BCUT2D eigenvalue weighted by molar-refractivity contribution is -0.395. The van der Waals surface area contributed by atoms with E-state index in [1.807, 2.05) is 30.3 Å². The van der Waals surface area contributed by atoms with Crippen LogP contribution in [0.2, 0.25) is 0 Å². The van der Waals surface area contributed by atoms with Gasteiger partial charge in [-0.2, -0.15) is 0 Å². The van der Waals surface area contributed by atoms with Gasteiger partial charge in [-0.15, -0.1) is 11.3 Å². The fourth-order valence-corrected chi connectivity index (χ4v) is 3.37. The van der Waals surface area contributed by atoms with Gasteiger partial charge in [-0.25, -0.2) is 0 Å². The zero-order chi connectivity index (χ0) is 21.0. The number of para-hydroxylation sites is 1. The molecule has 0 aliphatic rings. The molecule has 0 saturated heterocycles. The van der Waals surface area contributed by atoms with Gasteiger partial charge in [0, 0.05) is 17.7 Å². The third-order valence-electron chi connectivity index (χ3n) is 4.03. The van der Waals surface area contributed by atoms with Crippen LogP contribution in [0.1, 0.15) is 20.8 Å². The highest BCUT2D eigenvalue weighted by Gasteiger charge is 2.24. The number of hydrogen-bond donors (Lipinski definition) is 1. The highest BCUT2D eigenvalue weighted by Crippen LogP contribution is 2.32. The van der Waals surface area contributed by atoms with E-state index in [1.54, 1.807) is 11.4 Å². The van der Waals surface area contributed by atoms with Gasteiger partial charge in [-0.1, -0.05) is 18.2 Å². The summed E-state index contributed by atoms with van der Waals surface area (Å²) in [4.78, 5) is 33.7. The predicted molar refractivity (Wildman–Crippen MR) is 108 cm³/mol. The van der Waals surface area contributed by atoms with Gasteiger partial charge >= 0.3 is 0 Å². The van der Waals surface area contributed by atoms with Crippen molar-refractivity contribution in [2.24, 2.45) is 0 Å². The molecule has 29 heavy (non-hydrogen) atoms. The molecule has 1 N–H and O–H groups in total. The van der Waals surface area contributed by atoms with Gasteiger partial charge in [0.2, 0.25) is 0 Å². The van der Waals surface area contributed by atoms with Crippen molar-refractivity contribution in [2.75, 3.05) is 5.32 Å². The minimum absolute atomic E-state index is 0.0190. The molecule has 0 radical (unpaired) electrons. The monoisotopic (exact) mass is 413 g/mol. The van der Waals surface area contributed by atoms with E-state index in [1.165, 1.54) is 18.3 Å². The van der Waals surface area contributed by atoms with E-state index in [0.29, 0.717) is 10.6 Å². The molecule has 9 nitrogen and oxygen atoms in total. The molecule has 1 aromatic heterocycles. The van der Waals surface area contributed by atoms with Crippen LogP contribution >= 0.6 is 11.3 Å². The van der Waals surface area contributed by atoms with E-state index in [9.17, 15) is 25.0 Å². The predicted octanol–water partition coefficient (Wildman–Crippen LogP) is 4.70.